The number of carbonyl (C=O) groups is 2. The van der Waals surface area contributed by atoms with E-state index in [0.717, 1.165) is 0 Å². The van der Waals surface area contributed by atoms with Gasteiger partial charge in [0, 0.05) is 6.54 Å². The molecule has 1 aromatic rings. The number of halogens is 3. The topological polar surface area (TPSA) is 78.4 Å². The van der Waals surface area contributed by atoms with Gasteiger partial charge in [-0.05, 0) is 11.1 Å². The van der Waals surface area contributed by atoms with Crippen molar-refractivity contribution in [3.63, 3.8) is 0 Å². The Morgan fingerprint density at radius 1 is 1.10 bits per heavy atom. The van der Waals surface area contributed by atoms with Crippen molar-refractivity contribution >= 4 is 12.0 Å². The SMILES string of the molecule is O=C(O)Cc1ccccc1CNC(=O)NCC(F)(F)F. The lowest BCUT2D eigenvalue weighted by molar-refractivity contribution is -0.136. The maximum Gasteiger partial charge on any atom is 0.405 e. The van der Waals surface area contributed by atoms with Gasteiger partial charge in [0.2, 0.25) is 0 Å². The predicted octanol–water partition coefficient (Wildman–Crippen LogP) is 1.68. The summed E-state index contributed by atoms with van der Waals surface area (Å²) >= 11 is 0. The quantitative estimate of drug-likeness (QED) is 0.772. The summed E-state index contributed by atoms with van der Waals surface area (Å²) < 4.78 is 35.6. The van der Waals surface area contributed by atoms with Crippen LogP contribution >= 0.6 is 0 Å². The van der Waals surface area contributed by atoms with Crippen LogP contribution in [-0.2, 0) is 17.8 Å². The number of carboxylic acids is 1. The van der Waals surface area contributed by atoms with E-state index in [4.69, 9.17) is 5.11 Å². The highest BCUT2D eigenvalue weighted by Crippen LogP contribution is 2.12. The second kappa shape index (κ2) is 6.78. The first kappa shape index (κ1) is 15.8. The average molecular weight is 290 g/mol. The van der Waals surface area contributed by atoms with Crippen molar-refractivity contribution in [3.05, 3.63) is 35.4 Å². The standard InChI is InChI=1S/C12H13F3N2O3/c13-12(14,15)7-17-11(20)16-6-9-4-2-1-3-8(9)5-10(18)19/h1-4H,5-7H2,(H,18,19)(H2,16,17,20). The molecule has 1 rings (SSSR count). The van der Waals surface area contributed by atoms with Gasteiger partial charge in [-0.3, -0.25) is 4.79 Å². The molecule has 3 N–H and O–H groups in total. The Morgan fingerprint density at radius 2 is 1.70 bits per heavy atom. The van der Waals surface area contributed by atoms with E-state index in [-0.39, 0.29) is 13.0 Å². The Morgan fingerprint density at radius 3 is 2.25 bits per heavy atom. The van der Waals surface area contributed by atoms with Crippen LogP contribution in [0.15, 0.2) is 24.3 Å². The van der Waals surface area contributed by atoms with E-state index in [1.165, 1.54) is 0 Å². The van der Waals surface area contributed by atoms with Crippen LogP contribution in [0.2, 0.25) is 0 Å². The summed E-state index contributed by atoms with van der Waals surface area (Å²) in [6.45, 7) is -1.47. The minimum absolute atomic E-state index is 0.0485. The van der Waals surface area contributed by atoms with E-state index in [1.807, 2.05) is 0 Å². The van der Waals surface area contributed by atoms with Crippen LogP contribution in [0.1, 0.15) is 11.1 Å². The van der Waals surface area contributed by atoms with E-state index in [2.05, 4.69) is 5.32 Å². The van der Waals surface area contributed by atoms with Crippen molar-refractivity contribution in [1.82, 2.24) is 10.6 Å². The molecule has 110 valence electrons. The molecule has 20 heavy (non-hydrogen) atoms. The van der Waals surface area contributed by atoms with Crippen LogP contribution in [0.3, 0.4) is 0 Å². The fraction of sp³-hybridized carbons (Fsp3) is 0.333. The third-order valence-corrected chi connectivity index (χ3v) is 2.35. The average Bonchev–Trinajstić information content (AvgIpc) is 2.34. The van der Waals surface area contributed by atoms with Crippen molar-refractivity contribution in [2.75, 3.05) is 6.54 Å². The van der Waals surface area contributed by atoms with E-state index >= 15 is 0 Å². The summed E-state index contributed by atoms with van der Waals surface area (Å²) in [5.41, 5.74) is 1.04. The monoisotopic (exact) mass is 290 g/mol. The normalized spacial score (nSPS) is 10.9. The molecule has 0 aliphatic carbocycles. The predicted molar refractivity (Wildman–Crippen MR) is 64.1 cm³/mol. The van der Waals surface area contributed by atoms with Crippen LogP contribution in [0.4, 0.5) is 18.0 Å². The first-order chi connectivity index (χ1) is 9.28. The first-order valence-electron chi connectivity index (χ1n) is 5.65. The lowest BCUT2D eigenvalue weighted by Gasteiger charge is -2.11. The van der Waals surface area contributed by atoms with Gasteiger partial charge in [-0.2, -0.15) is 13.2 Å². The van der Waals surface area contributed by atoms with Gasteiger partial charge in [0.1, 0.15) is 6.54 Å². The molecule has 0 aromatic heterocycles. The number of hydrogen-bond acceptors (Lipinski definition) is 2. The van der Waals surface area contributed by atoms with E-state index in [9.17, 15) is 22.8 Å². The van der Waals surface area contributed by atoms with Crippen molar-refractivity contribution in [3.8, 4) is 0 Å². The summed E-state index contributed by atoms with van der Waals surface area (Å²) in [5, 5.41) is 12.6. The molecule has 0 saturated heterocycles. The molecule has 0 unspecified atom stereocenters. The number of alkyl halides is 3. The van der Waals surface area contributed by atoms with Gasteiger partial charge in [-0.25, -0.2) is 4.79 Å². The fourth-order valence-electron chi connectivity index (χ4n) is 1.48. The summed E-state index contributed by atoms with van der Waals surface area (Å²) in [6.07, 6.45) is -4.69. The summed E-state index contributed by atoms with van der Waals surface area (Å²) in [7, 11) is 0. The number of urea groups is 1. The summed E-state index contributed by atoms with van der Waals surface area (Å²) in [5.74, 6) is -1.03. The minimum atomic E-state index is -4.47. The second-order valence-corrected chi connectivity index (χ2v) is 3.99. The molecule has 0 atom stereocenters. The van der Waals surface area contributed by atoms with Crippen molar-refractivity contribution < 1.29 is 27.9 Å². The molecular formula is C12H13F3N2O3. The highest BCUT2D eigenvalue weighted by Gasteiger charge is 2.27. The van der Waals surface area contributed by atoms with E-state index < -0.39 is 24.7 Å². The second-order valence-electron chi connectivity index (χ2n) is 3.99. The lowest BCUT2D eigenvalue weighted by Crippen LogP contribution is -2.40. The van der Waals surface area contributed by atoms with Gasteiger partial charge in [0.05, 0.1) is 6.42 Å². The Bertz CT molecular complexity index is 489. The van der Waals surface area contributed by atoms with Crippen LogP contribution in [-0.4, -0.2) is 29.8 Å². The van der Waals surface area contributed by atoms with Crippen molar-refractivity contribution in [2.24, 2.45) is 0 Å². The van der Waals surface area contributed by atoms with Crippen LogP contribution in [0, 0.1) is 0 Å². The highest BCUT2D eigenvalue weighted by molar-refractivity contribution is 5.74. The smallest absolute Gasteiger partial charge is 0.405 e. The van der Waals surface area contributed by atoms with Crippen LogP contribution in [0.25, 0.3) is 0 Å². The Labute approximate surface area is 112 Å². The number of amides is 2. The molecule has 5 nitrogen and oxygen atoms in total. The third-order valence-electron chi connectivity index (χ3n) is 2.35. The number of hydrogen-bond donors (Lipinski definition) is 3. The van der Waals surface area contributed by atoms with E-state index in [0.29, 0.717) is 11.1 Å². The molecule has 0 aliphatic heterocycles. The maximum atomic E-state index is 11.9. The number of benzene rings is 1. The fourth-order valence-corrected chi connectivity index (χ4v) is 1.48. The molecule has 0 spiro atoms. The zero-order valence-electron chi connectivity index (χ0n) is 10.3. The van der Waals surface area contributed by atoms with Gasteiger partial charge in [0.15, 0.2) is 0 Å². The van der Waals surface area contributed by atoms with Gasteiger partial charge < -0.3 is 15.7 Å². The highest BCUT2D eigenvalue weighted by atomic mass is 19.4. The summed E-state index contributed by atoms with van der Waals surface area (Å²) in [4.78, 5) is 21.8. The molecule has 2 amide bonds. The Kier molecular flexibility index (Phi) is 5.36. The summed E-state index contributed by atoms with van der Waals surface area (Å²) in [6, 6.07) is 5.51. The molecule has 0 radical (unpaired) electrons. The van der Waals surface area contributed by atoms with Crippen molar-refractivity contribution in [2.45, 2.75) is 19.1 Å². The van der Waals surface area contributed by atoms with Crippen LogP contribution in [0.5, 0.6) is 0 Å². The lowest BCUT2D eigenvalue weighted by atomic mass is 10.0. The minimum Gasteiger partial charge on any atom is -0.481 e. The van der Waals surface area contributed by atoms with Crippen molar-refractivity contribution in [1.29, 1.82) is 0 Å². The molecule has 0 heterocycles. The Balaban J connectivity index is 2.53. The zero-order valence-corrected chi connectivity index (χ0v) is 10.3. The van der Waals surface area contributed by atoms with Gasteiger partial charge in [0.25, 0.3) is 0 Å². The first-order valence-corrected chi connectivity index (χ1v) is 5.65. The largest absolute Gasteiger partial charge is 0.481 e. The number of rotatable bonds is 5. The van der Waals surface area contributed by atoms with Gasteiger partial charge in [-0.15, -0.1) is 0 Å². The molecule has 0 bridgehead atoms. The zero-order chi connectivity index (χ0) is 15.2. The number of carboxylic acid groups (broad SMARTS) is 1. The molecule has 1 aromatic carbocycles. The molecule has 0 aliphatic rings. The molecule has 0 fully saturated rings. The van der Waals surface area contributed by atoms with Gasteiger partial charge >= 0.3 is 18.2 Å². The molecule has 8 heteroatoms. The van der Waals surface area contributed by atoms with Gasteiger partial charge in [-0.1, -0.05) is 24.3 Å². The van der Waals surface area contributed by atoms with Crippen LogP contribution < -0.4 is 10.6 Å². The number of carbonyl (C=O) groups excluding carboxylic acids is 1. The third kappa shape index (κ3) is 6.07. The van der Waals surface area contributed by atoms with E-state index in [1.54, 1.807) is 29.6 Å². The number of nitrogens with one attached hydrogen (secondary N) is 2. The maximum absolute atomic E-state index is 11.9. The molecular weight excluding hydrogens is 277 g/mol. The Hall–Kier alpha value is -2.25. The molecule has 0 saturated carbocycles. The number of aliphatic carboxylic acids is 1.